The number of hydrogen-bond acceptors (Lipinski definition) is 5. The third-order valence-corrected chi connectivity index (χ3v) is 3.64. The number of aryl methyl sites for hydroxylation is 3. The molecule has 8 heteroatoms. The summed E-state index contributed by atoms with van der Waals surface area (Å²) in [5.41, 5.74) is 6.10. The van der Waals surface area contributed by atoms with Crippen LogP contribution in [0.15, 0.2) is 29.6 Å². The summed E-state index contributed by atoms with van der Waals surface area (Å²) in [5.74, 6) is -0.276. The van der Waals surface area contributed by atoms with Crippen LogP contribution < -0.4 is 5.43 Å². The first kappa shape index (κ1) is 15.9. The van der Waals surface area contributed by atoms with Crippen LogP contribution >= 0.6 is 0 Å². The van der Waals surface area contributed by atoms with Gasteiger partial charge in [-0.05, 0) is 32.9 Å². The Morgan fingerprint density at radius 1 is 1.38 bits per heavy atom. The first-order valence-electron chi connectivity index (χ1n) is 7.57. The molecule has 0 saturated carbocycles. The summed E-state index contributed by atoms with van der Waals surface area (Å²) in [7, 11) is 1.82. The zero-order valence-corrected chi connectivity index (χ0v) is 14.1. The molecule has 0 aliphatic rings. The molecule has 0 fully saturated rings. The summed E-state index contributed by atoms with van der Waals surface area (Å²) < 4.78 is 3.42. The van der Waals surface area contributed by atoms with Crippen LogP contribution in [0.4, 0.5) is 0 Å². The number of fused-ring (bicyclic) bond motifs is 1. The number of carbonyl (C=O) groups is 1. The summed E-state index contributed by atoms with van der Waals surface area (Å²) in [6.45, 7) is 6.07. The molecule has 0 atom stereocenters. The molecule has 3 rings (SSSR count). The Bertz CT molecular complexity index is 922. The summed E-state index contributed by atoms with van der Waals surface area (Å²) in [5, 5.41) is 13.4. The van der Waals surface area contributed by atoms with Crippen molar-refractivity contribution in [2.75, 3.05) is 0 Å². The van der Waals surface area contributed by atoms with Crippen molar-refractivity contribution in [2.45, 2.75) is 27.3 Å². The Hall–Kier alpha value is -3.03. The molecule has 0 aromatic carbocycles. The monoisotopic (exact) mass is 325 g/mol. The Kier molecular flexibility index (Phi) is 4.11. The number of carbonyl (C=O) groups excluding carboxylic acids is 1. The fourth-order valence-electron chi connectivity index (χ4n) is 2.62. The molecule has 3 aromatic heterocycles. The lowest BCUT2D eigenvalue weighted by Crippen LogP contribution is -2.21. The summed E-state index contributed by atoms with van der Waals surface area (Å²) in [4.78, 5) is 17.0. The highest BCUT2D eigenvalue weighted by molar-refractivity contribution is 6.06. The maximum Gasteiger partial charge on any atom is 0.272 e. The van der Waals surface area contributed by atoms with Gasteiger partial charge in [0.15, 0.2) is 5.65 Å². The number of nitrogens with zero attached hydrogens (tertiary/aromatic N) is 6. The summed E-state index contributed by atoms with van der Waals surface area (Å²) in [6, 6.07) is 3.60. The van der Waals surface area contributed by atoms with E-state index in [0.717, 1.165) is 22.5 Å². The van der Waals surface area contributed by atoms with Crippen molar-refractivity contribution in [1.82, 2.24) is 30.0 Å². The largest absolute Gasteiger partial charge is 0.272 e. The van der Waals surface area contributed by atoms with E-state index < -0.39 is 0 Å². The molecule has 0 aliphatic carbocycles. The van der Waals surface area contributed by atoms with Gasteiger partial charge in [0.2, 0.25) is 0 Å². The maximum absolute atomic E-state index is 12.6. The van der Waals surface area contributed by atoms with Crippen LogP contribution in [0.2, 0.25) is 0 Å². The second-order valence-electron chi connectivity index (χ2n) is 5.71. The van der Waals surface area contributed by atoms with Crippen LogP contribution in [0, 0.1) is 13.8 Å². The van der Waals surface area contributed by atoms with Gasteiger partial charge in [0.05, 0.1) is 28.9 Å². The van der Waals surface area contributed by atoms with E-state index in [2.05, 4.69) is 25.7 Å². The van der Waals surface area contributed by atoms with E-state index in [1.807, 2.05) is 40.1 Å². The molecule has 1 N–H and O–H groups in total. The van der Waals surface area contributed by atoms with Crippen molar-refractivity contribution in [3.63, 3.8) is 0 Å². The Balaban J connectivity index is 1.86. The van der Waals surface area contributed by atoms with E-state index in [1.165, 1.54) is 0 Å². The molecule has 8 nitrogen and oxygen atoms in total. The quantitative estimate of drug-likeness (QED) is 0.582. The topological polar surface area (TPSA) is 90.0 Å². The fourth-order valence-corrected chi connectivity index (χ4v) is 2.62. The molecule has 1 amide bonds. The van der Waals surface area contributed by atoms with Crippen LogP contribution in [0.25, 0.3) is 11.0 Å². The van der Waals surface area contributed by atoms with Gasteiger partial charge < -0.3 is 0 Å². The molecular formula is C16H19N7O. The number of amides is 1. The molecule has 0 bridgehead atoms. The van der Waals surface area contributed by atoms with E-state index in [-0.39, 0.29) is 5.91 Å². The zero-order valence-electron chi connectivity index (χ0n) is 14.1. The van der Waals surface area contributed by atoms with Crippen molar-refractivity contribution >= 4 is 22.7 Å². The third kappa shape index (κ3) is 3.03. The average molecular weight is 325 g/mol. The van der Waals surface area contributed by atoms with Gasteiger partial charge in [-0.3, -0.25) is 14.2 Å². The number of rotatable bonds is 4. The highest BCUT2D eigenvalue weighted by atomic mass is 16.2. The highest BCUT2D eigenvalue weighted by Gasteiger charge is 2.17. The highest BCUT2D eigenvalue weighted by Crippen LogP contribution is 2.21. The molecule has 0 unspecified atom stereocenters. The van der Waals surface area contributed by atoms with E-state index >= 15 is 0 Å². The summed E-state index contributed by atoms with van der Waals surface area (Å²) in [6.07, 6.45) is 3.54. The molecular weight excluding hydrogens is 306 g/mol. The Labute approximate surface area is 139 Å². The predicted octanol–water partition coefficient (Wildman–Crippen LogP) is 1.59. The number of pyridine rings is 1. The predicted molar refractivity (Wildman–Crippen MR) is 90.8 cm³/mol. The van der Waals surface area contributed by atoms with Crippen LogP contribution in [0.5, 0.6) is 0 Å². The average Bonchev–Trinajstić information content (AvgIpc) is 3.13. The van der Waals surface area contributed by atoms with Gasteiger partial charge in [-0.15, -0.1) is 0 Å². The van der Waals surface area contributed by atoms with Crippen molar-refractivity contribution < 1.29 is 4.79 Å². The lowest BCUT2D eigenvalue weighted by Gasteiger charge is -2.06. The number of nitrogens with one attached hydrogen (secondary N) is 1. The molecule has 24 heavy (non-hydrogen) atoms. The molecule has 0 spiro atoms. The van der Waals surface area contributed by atoms with Crippen molar-refractivity contribution in [3.8, 4) is 0 Å². The second-order valence-corrected chi connectivity index (χ2v) is 5.71. The van der Waals surface area contributed by atoms with E-state index in [0.29, 0.717) is 17.8 Å². The number of aromatic nitrogens is 5. The zero-order chi connectivity index (χ0) is 17.3. The van der Waals surface area contributed by atoms with Crippen molar-refractivity contribution in [2.24, 2.45) is 12.1 Å². The van der Waals surface area contributed by atoms with Crippen molar-refractivity contribution in [3.05, 3.63) is 41.5 Å². The normalized spacial score (nSPS) is 11.9. The minimum Gasteiger partial charge on any atom is -0.267 e. The van der Waals surface area contributed by atoms with Gasteiger partial charge in [0, 0.05) is 25.1 Å². The SMILES string of the molecule is C/C(Cn1cccn1)=N\NC(=O)c1cc(C)nc2c1c(C)nn2C. The smallest absolute Gasteiger partial charge is 0.267 e. The van der Waals surface area contributed by atoms with Gasteiger partial charge in [-0.25, -0.2) is 10.4 Å². The van der Waals surface area contributed by atoms with Crippen LogP contribution in [-0.4, -0.2) is 36.2 Å². The van der Waals surface area contributed by atoms with Crippen LogP contribution in [-0.2, 0) is 13.6 Å². The molecule has 0 radical (unpaired) electrons. The molecule has 0 aliphatic heterocycles. The Morgan fingerprint density at radius 3 is 2.88 bits per heavy atom. The number of hydrazone groups is 1. The summed E-state index contributed by atoms with van der Waals surface area (Å²) >= 11 is 0. The fraction of sp³-hybridized carbons (Fsp3) is 0.312. The van der Waals surface area contributed by atoms with Gasteiger partial charge >= 0.3 is 0 Å². The molecule has 124 valence electrons. The van der Waals surface area contributed by atoms with E-state index in [1.54, 1.807) is 21.6 Å². The lowest BCUT2D eigenvalue weighted by molar-refractivity contribution is 0.0956. The minimum absolute atomic E-state index is 0.276. The standard InChI is InChI=1S/C16H19N7O/c1-10-8-13(14-12(3)21-22(4)15(14)18-10)16(24)20-19-11(2)9-23-7-5-6-17-23/h5-8H,9H2,1-4H3,(H,20,24)/b19-11+. The first-order valence-corrected chi connectivity index (χ1v) is 7.57. The van der Waals surface area contributed by atoms with Gasteiger partial charge in [0.1, 0.15) is 0 Å². The third-order valence-electron chi connectivity index (χ3n) is 3.64. The lowest BCUT2D eigenvalue weighted by atomic mass is 10.1. The molecule has 0 saturated heterocycles. The minimum atomic E-state index is -0.276. The van der Waals surface area contributed by atoms with Crippen LogP contribution in [0.1, 0.15) is 28.7 Å². The Morgan fingerprint density at radius 2 is 2.17 bits per heavy atom. The van der Waals surface area contributed by atoms with Gasteiger partial charge in [-0.2, -0.15) is 15.3 Å². The molecule has 3 heterocycles. The van der Waals surface area contributed by atoms with Crippen LogP contribution in [0.3, 0.4) is 0 Å². The van der Waals surface area contributed by atoms with E-state index in [4.69, 9.17) is 0 Å². The number of hydrogen-bond donors (Lipinski definition) is 1. The first-order chi connectivity index (χ1) is 11.5. The van der Waals surface area contributed by atoms with E-state index in [9.17, 15) is 4.79 Å². The second kappa shape index (κ2) is 6.23. The maximum atomic E-state index is 12.6. The molecule has 3 aromatic rings. The van der Waals surface area contributed by atoms with Gasteiger partial charge in [0.25, 0.3) is 5.91 Å². The van der Waals surface area contributed by atoms with Gasteiger partial charge in [-0.1, -0.05) is 0 Å². The van der Waals surface area contributed by atoms with Crippen molar-refractivity contribution in [1.29, 1.82) is 0 Å².